The summed E-state index contributed by atoms with van der Waals surface area (Å²) in [6.07, 6.45) is -1.14. The summed E-state index contributed by atoms with van der Waals surface area (Å²) in [5.74, 6) is -0.954. The van der Waals surface area contributed by atoms with E-state index in [1.807, 2.05) is 12.1 Å². The van der Waals surface area contributed by atoms with Crippen molar-refractivity contribution < 1.29 is 27.9 Å². The lowest BCUT2D eigenvalue weighted by molar-refractivity contribution is -0.262. The molecule has 10 heteroatoms. The minimum atomic E-state index is -5.13. The number of hydrogen-bond donors (Lipinski definition) is 1. The van der Waals surface area contributed by atoms with Gasteiger partial charge in [0.2, 0.25) is 0 Å². The van der Waals surface area contributed by atoms with Gasteiger partial charge in [-0.3, -0.25) is 14.5 Å². The molecule has 2 amide bonds. The fourth-order valence-corrected chi connectivity index (χ4v) is 5.96. The molecule has 39 heavy (non-hydrogen) atoms. The molecular weight excluding hydrogens is 531 g/mol. The number of amides is 2. The van der Waals surface area contributed by atoms with Crippen LogP contribution in [0.25, 0.3) is 0 Å². The van der Waals surface area contributed by atoms with Gasteiger partial charge in [0.05, 0.1) is 10.6 Å². The average molecular weight is 566 g/mol. The zero-order chi connectivity index (χ0) is 28.4. The standard InChI is InChI=1S/C29H35ClF3N3O3/c1-34(2)26(37)24-11-10-20(18-25(24)30)8-9-21-12-15-36(19-21)23-13-16-35(17-14-23)27(38)28(39,29(31,32)33)22-6-4-3-5-7-22/h3-7,10-11,18,21,23,39H,8-9,12-17,19H2,1-2H3/t21-,28-/m1/s1. The first-order valence-corrected chi connectivity index (χ1v) is 13.7. The number of alkyl halides is 3. The average Bonchev–Trinajstić information content (AvgIpc) is 3.40. The van der Waals surface area contributed by atoms with E-state index in [0.29, 0.717) is 29.3 Å². The van der Waals surface area contributed by atoms with Gasteiger partial charge in [0.1, 0.15) is 0 Å². The maximum Gasteiger partial charge on any atom is 0.430 e. The Hall–Kier alpha value is -2.62. The van der Waals surface area contributed by atoms with E-state index in [0.717, 1.165) is 54.9 Å². The van der Waals surface area contributed by atoms with Crippen LogP contribution in [0.2, 0.25) is 5.02 Å². The Morgan fingerprint density at radius 3 is 2.28 bits per heavy atom. The summed E-state index contributed by atoms with van der Waals surface area (Å²) in [6, 6.07) is 12.3. The van der Waals surface area contributed by atoms with E-state index in [4.69, 9.17) is 11.6 Å². The van der Waals surface area contributed by atoms with E-state index in [1.165, 1.54) is 17.0 Å². The molecule has 0 bridgehead atoms. The summed E-state index contributed by atoms with van der Waals surface area (Å²) in [5.41, 5.74) is -2.45. The highest BCUT2D eigenvalue weighted by atomic mass is 35.5. The lowest BCUT2D eigenvalue weighted by Gasteiger charge is -2.40. The maximum absolute atomic E-state index is 13.9. The Morgan fingerprint density at radius 1 is 1.03 bits per heavy atom. The van der Waals surface area contributed by atoms with Gasteiger partial charge in [-0.05, 0) is 62.3 Å². The van der Waals surface area contributed by atoms with Gasteiger partial charge in [0.15, 0.2) is 0 Å². The molecule has 0 unspecified atom stereocenters. The van der Waals surface area contributed by atoms with Crippen LogP contribution in [0.1, 0.15) is 47.2 Å². The van der Waals surface area contributed by atoms with Crippen LogP contribution in [-0.2, 0) is 16.8 Å². The molecule has 2 aliphatic rings. The van der Waals surface area contributed by atoms with Crippen molar-refractivity contribution in [2.45, 2.75) is 49.9 Å². The number of halogens is 4. The van der Waals surface area contributed by atoms with Gasteiger partial charge >= 0.3 is 6.18 Å². The molecule has 2 aromatic carbocycles. The van der Waals surface area contributed by atoms with E-state index < -0.39 is 23.2 Å². The minimum Gasteiger partial charge on any atom is -0.369 e. The summed E-state index contributed by atoms with van der Waals surface area (Å²) >= 11 is 6.35. The second-order valence-corrected chi connectivity index (χ2v) is 11.2. The molecule has 2 saturated heterocycles. The molecule has 0 spiro atoms. The molecule has 6 nitrogen and oxygen atoms in total. The number of aryl methyl sites for hydroxylation is 1. The number of piperidine rings is 1. The molecule has 2 aromatic rings. The van der Waals surface area contributed by atoms with Crippen LogP contribution in [0.3, 0.4) is 0 Å². The molecule has 2 atom stereocenters. The number of aliphatic hydroxyl groups is 1. The number of carbonyl (C=O) groups is 2. The van der Waals surface area contributed by atoms with E-state index in [-0.39, 0.29) is 25.0 Å². The fourth-order valence-electron chi connectivity index (χ4n) is 5.68. The van der Waals surface area contributed by atoms with Crippen molar-refractivity contribution in [2.75, 3.05) is 40.3 Å². The maximum atomic E-state index is 13.9. The Balaban J connectivity index is 1.29. The van der Waals surface area contributed by atoms with Gasteiger partial charge in [-0.25, -0.2) is 0 Å². The van der Waals surface area contributed by atoms with E-state index in [2.05, 4.69) is 4.90 Å². The monoisotopic (exact) mass is 565 g/mol. The molecule has 2 aliphatic heterocycles. The molecule has 2 fully saturated rings. The smallest absolute Gasteiger partial charge is 0.369 e. The van der Waals surface area contributed by atoms with Crippen LogP contribution in [0, 0.1) is 5.92 Å². The van der Waals surface area contributed by atoms with Crippen LogP contribution in [0.15, 0.2) is 48.5 Å². The normalized spacial score (nSPS) is 20.6. The van der Waals surface area contributed by atoms with E-state index >= 15 is 0 Å². The van der Waals surface area contributed by atoms with Gasteiger partial charge in [-0.15, -0.1) is 0 Å². The second kappa shape index (κ2) is 11.9. The summed E-state index contributed by atoms with van der Waals surface area (Å²) in [7, 11) is 3.38. The Bertz CT molecular complexity index is 1170. The predicted molar refractivity (Wildman–Crippen MR) is 143 cm³/mol. The number of nitrogens with zero attached hydrogens (tertiary/aromatic N) is 3. The van der Waals surface area contributed by atoms with Gasteiger partial charge in [0.25, 0.3) is 17.4 Å². The van der Waals surface area contributed by atoms with Crippen LogP contribution in [-0.4, -0.2) is 84.1 Å². The highest BCUT2D eigenvalue weighted by Gasteiger charge is 2.62. The van der Waals surface area contributed by atoms with Crippen LogP contribution >= 0.6 is 11.6 Å². The SMILES string of the molecule is CN(C)C(=O)c1ccc(CC[C@@H]2CCN(C3CCN(C(=O)[C@](O)(c4ccccc4)C(F)(F)F)CC3)C2)cc1Cl. The molecule has 212 valence electrons. The third-order valence-electron chi connectivity index (χ3n) is 8.01. The third kappa shape index (κ3) is 6.26. The Kier molecular flexibility index (Phi) is 8.93. The van der Waals surface area contributed by atoms with Gasteiger partial charge < -0.3 is 14.9 Å². The van der Waals surface area contributed by atoms with Crippen LogP contribution in [0.4, 0.5) is 13.2 Å². The highest BCUT2D eigenvalue weighted by molar-refractivity contribution is 6.33. The lowest BCUT2D eigenvalue weighted by Crippen LogP contribution is -2.58. The van der Waals surface area contributed by atoms with Crippen molar-refractivity contribution in [1.29, 1.82) is 0 Å². The second-order valence-electron chi connectivity index (χ2n) is 10.8. The van der Waals surface area contributed by atoms with Crippen molar-refractivity contribution >= 4 is 23.4 Å². The van der Waals surface area contributed by atoms with Gasteiger partial charge in [0, 0.05) is 45.3 Å². The lowest BCUT2D eigenvalue weighted by atomic mass is 9.90. The summed E-state index contributed by atoms with van der Waals surface area (Å²) in [5, 5.41) is 11.1. The molecular formula is C29H35ClF3N3O3. The number of hydrogen-bond acceptors (Lipinski definition) is 4. The molecule has 0 aliphatic carbocycles. The minimum absolute atomic E-state index is 0.131. The fraction of sp³-hybridized carbons (Fsp3) is 0.517. The predicted octanol–water partition coefficient (Wildman–Crippen LogP) is 4.74. The first-order valence-electron chi connectivity index (χ1n) is 13.3. The first-order chi connectivity index (χ1) is 18.4. The van der Waals surface area contributed by atoms with E-state index in [1.54, 1.807) is 26.2 Å². The quantitative estimate of drug-likeness (QED) is 0.527. The number of benzene rings is 2. The molecule has 1 N–H and O–H groups in total. The zero-order valence-electron chi connectivity index (χ0n) is 22.3. The van der Waals surface area contributed by atoms with Crippen LogP contribution in [0.5, 0.6) is 0 Å². The molecule has 2 heterocycles. The zero-order valence-corrected chi connectivity index (χ0v) is 23.0. The Labute approximate surface area is 232 Å². The van der Waals surface area contributed by atoms with Crippen molar-refractivity contribution in [2.24, 2.45) is 5.92 Å². The number of rotatable bonds is 7. The molecule has 4 rings (SSSR count). The summed E-state index contributed by atoms with van der Waals surface area (Å²) in [6.45, 7) is 2.16. The first kappa shape index (κ1) is 29.4. The third-order valence-corrected chi connectivity index (χ3v) is 8.32. The highest BCUT2D eigenvalue weighted by Crippen LogP contribution is 2.41. The number of carbonyl (C=O) groups excluding carboxylic acids is 2. The summed E-state index contributed by atoms with van der Waals surface area (Å²) in [4.78, 5) is 30.2. The van der Waals surface area contributed by atoms with Crippen molar-refractivity contribution in [3.8, 4) is 0 Å². The summed E-state index contributed by atoms with van der Waals surface area (Å²) < 4.78 is 41.8. The van der Waals surface area contributed by atoms with E-state index in [9.17, 15) is 27.9 Å². The topological polar surface area (TPSA) is 64.1 Å². The van der Waals surface area contributed by atoms with Crippen molar-refractivity contribution in [1.82, 2.24) is 14.7 Å². The largest absolute Gasteiger partial charge is 0.430 e. The van der Waals surface area contributed by atoms with Crippen LogP contribution < -0.4 is 0 Å². The van der Waals surface area contributed by atoms with Gasteiger partial charge in [-0.1, -0.05) is 48.0 Å². The Morgan fingerprint density at radius 2 is 1.69 bits per heavy atom. The van der Waals surface area contributed by atoms with Gasteiger partial charge in [-0.2, -0.15) is 13.2 Å². The molecule has 0 radical (unpaired) electrons. The number of likely N-dealkylation sites (tertiary alicyclic amines) is 2. The van der Waals surface area contributed by atoms with Crippen molar-refractivity contribution in [3.63, 3.8) is 0 Å². The molecule has 0 aromatic heterocycles. The van der Waals surface area contributed by atoms with Crippen molar-refractivity contribution in [3.05, 3.63) is 70.2 Å². The molecule has 0 saturated carbocycles.